The van der Waals surface area contributed by atoms with Crippen LogP contribution < -0.4 is 20.1 Å². The quantitative estimate of drug-likeness (QED) is 0.205. The highest BCUT2D eigenvalue weighted by atomic mass is 19.4. The van der Waals surface area contributed by atoms with Crippen LogP contribution in [0.3, 0.4) is 0 Å². The average Bonchev–Trinajstić information content (AvgIpc) is 3.01. The van der Waals surface area contributed by atoms with Crippen molar-refractivity contribution in [3.05, 3.63) is 84.4 Å². The van der Waals surface area contributed by atoms with E-state index in [-0.39, 0.29) is 17.9 Å². The van der Waals surface area contributed by atoms with Crippen molar-refractivity contribution in [2.75, 3.05) is 19.5 Å². The maximum Gasteiger partial charge on any atom is 0.573 e. The van der Waals surface area contributed by atoms with Crippen LogP contribution in [0, 0.1) is 0 Å². The summed E-state index contributed by atoms with van der Waals surface area (Å²) in [5.74, 6) is 0.149. The van der Waals surface area contributed by atoms with E-state index in [1.54, 1.807) is 32.5 Å². The number of methoxy groups -OCH3 is 2. The third kappa shape index (κ3) is 6.26. The summed E-state index contributed by atoms with van der Waals surface area (Å²) in [4.78, 5) is 14.4. The molecule has 1 N–H and O–H groups in total. The molecule has 2 heterocycles. The van der Waals surface area contributed by atoms with Gasteiger partial charge in [-0.1, -0.05) is 12.1 Å². The first-order valence-electron chi connectivity index (χ1n) is 14.0. The second-order valence-electron chi connectivity index (χ2n) is 10.3. The van der Waals surface area contributed by atoms with Crippen molar-refractivity contribution in [3.63, 3.8) is 0 Å². The van der Waals surface area contributed by atoms with E-state index in [2.05, 4.69) is 15.0 Å². The molecule has 0 bridgehead atoms. The molecule has 6 rings (SSSR count). The molecule has 0 spiro atoms. The lowest BCUT2D eigenvalue weighted by molar-refractivity contribution is -0.274. The highest BCUT2D eigenvalue weighted by Gasteiger charge is 2.31. The Hall–Kier alpha value is -4.64. The van der Waals surface area contributed by atoms with Gasteiger partial charge in [0, 0.05) is 19.0 Å². The Morgan fingerprint density at radius 3 is 2.40 bits per heavy atom. The zero-order valence-corrected chi connectivity index (χ0v) is 23.6. The first kappa shape index (κ1) is 28.5. The van der Waals surface area contributed by atoms with Gasteiger partial charge in [-0.25, -0.2) is 9.97 Å². The van der Waals surface area contributed by atoms with Crippen LogP contribution in [0.15, 0.2) is 84.0 Å². The van der Waals surface area contributed by atoms with E-state index in [1.807, 2.05) is 53.1 Å². The van der Waals surface area contributed by atoms with E-state index >= 15 is 0 Å². The number of aromatic nitrogens is 3. The molecule has 43 heavy (non-hydrogen) atoms. The molecule has 0 unspecified atom stereocenters. The molecule has 2 aromatic carbocycles. The summed E-state index contributed by atoms with van der Waals surface area (Å²) in [7, 11) is 3.31. The van der Waals surface area contributed by atoms with Crippen molar-refractivity contribution in [2.24, 2.45) is 4.99 Å². The smallest absolute Gasteiger partial charge is 0.480 e. The summed E-state index contributed by atoms with van der Waals surface area (Å²) < 4.78 is 55.6. The van der Waals surface area contributed by atoms with E-state index in [1.165, 1.54) is 12.1 Å². The van der Waals surface area contributed by atoms with Crippen LogP contribution in [-0.4, -0.2) is 47.3 Å². The molecule has 0 saturated heterocycles. The second kappa shape index (κ2) is 11.9. The Morgan fingerprint density at radius 2 is 1.67 bits per heavy atom. The predicted molar refractivity (Wildman–Crippen MR) is 157 cm³/mol. The SMILES string of the molecule is COc1ncccc1Nc1cc2nc3ccccc3n(-c3ccc(OC(F)(F)F)cc3)c-2c/c1=N\C1CCC(OC)CC1. The van der Waals surface area contributed by atoms with Crippen molar-refractivity contribution in [1.29, 1.82) is 0 Å². The van der Waals surface area contributed by atoms with Gasteiger partial charge >= 0.3 is 6.36 Å². The molecular formula is C32H30F3N5O3. The minimum absolute atomic E-state index is 0.0980. The second-order valence-corrected chi connectivity index (χ2v) is 10.3. The summed E-state index contributed by atoms with van der Waals surface area (Å²) in [6.45, 7) is 0. The molecule has 0 atom stereocenters. The number of rotatable bonds is 7. The number of hydrogen-bond donors (Lipinski definition) is 1. The highest BCUT2D eigenvalue weighted by molar-refractivity contribution is 5.84. The van der Waals surface area contributed by atoms with Crippen molar-refractivity contribution in [1.82, 2.24) is 14.5 Å². The number of alkyl halides is 3. The molecule has 3 aliphatic rings. The van der Waals surface area contributed by atoms with Gasteiger partial charge < -0.3 is 24.1 Å². The van der Waals surface area contributed by atoms with Crippen molar-refractivity contribution >= 4 is 22.4 Å². The van der Waals surface area contributed by atoms with Gasteiger partial charge in [-0.3, -0.25) is 4.99 Å². The summed E-state index contributed by atoms with van der Waals surface area (Å²) in [5.41, 5.74) is 4.99. The predicted octanol–water partition coefficient (Wildman–Crippen LogP) is 7.03. The Labute approximate surface area is 246 Å². The largest absolute Gasteiger partial charge is 0.573 e. The van der Waals surface area contributed by atoms with E-state index < -0.39 is 6.36 Å². The lowest BCUT2D eigenvalue weighted by Crippen LogP contribution is -2.25. The molecule has 2 aliphatic carbocycles. The van der Waals surface area contributed by atoms with E-state index in [4.69, 9.17) is 19.5 Å². The summed E-state index contributed by atoms with van der Waals surface area (Å²) in [6, 6.07) is 21.1. The molecule has 1 fully saturated rings. The van der Waals surface area contributed by atoms with Crippen LogP contribution >= 0.6 is 0 Å². The van der Waals surface area contributed by atoms with Crippen molar-refractivity contribution in [3.8, 4) is 28.7 Å². The average molecular weight is 590 g/mol. The zero-order valence-electron chi connectivity index (χ0n) is 23.6. The van der Waals surface area contributed by atoms with Crippen LogP contribution in [0.25, 0.3) is 28.1 Å². The first-order valence-corrected chi connectivity index (χ1v) is 14.0. The topological polar surface area (TPSA) is 82.8 Å². The standard InChI is InChI=1S/C32H30F3N5O3/c1-41-22-13-9-20(10-14-22)37-27-19-30-28(18-26(27)39-25-7-5-17-36-31(25)42-2)38-24-6-3-4-8-29(24)40(30)21-11-15-23(16-12-21)43-32(33,34)35/h3-8,11-12,15-20,22,39H,9-10,13-14H2,1-2H3/b37-27+. The molecule has 3 aromatic rings. The van der Waals surface area contributed by atoms with Gasteiger partial charge in [0.2, 0.25) is 5.88 Å². The highest BCUT2D eigenvalue weighted by Crippen LogP contribution is 2.33. The number of pyridine rings is 1. The Balaban J connectivity index is 1.54. The third-order valence-corrected chi connectivity index (χ3v) is 7.56. The molecular weight excluding hydrogens is 559 g/mol. The minimum atomic E-state index is -4.77. The van der Waals surface area contributed by atoms with Gasteiger partial charge in [-0.05, 0) is 86.3 Å². The Morgan fingerprint density at radius 1 is 0.907 bits per heavy atom. The van der Waals surface area contributed by atoms with E-state index in [9.17, 15) is 13.2 Å². The number of para-hydroxylation sites is 2. The number of halogens is 3. The maximum atomic E-state index is 12.8. The molecule has 0 radical (unpaired) electrons. The molecule has 8 nitrogen and oxygen atoms in total. The summed E-state index contributed by atoms with van der Waals surface area (Å²) in [6.07, 6.45) is 0.759. The fourth-order valence-corrected chi connectivity index (χ4v) is 5.52. The van der Waals surface area contributed by atoms with Gasteiger partial charge in [-0.2, -0.15) is 0 Å². The lowest BCUT2D eigenvalue weighted by Gasteiger charge is -2.25. The lowest BCUT2D eigenvalue weighted by atomic mass is 9.93. The van der Waals surface area contributed by atoms with Crippen LogP contribution in [-0.2, 0) is 4.74 Å². The molecule has 11 heteroatoms. The van der Waals surface area contributed by atoms with Crippen LogP contribution in [0.4, 0.5) is 24.5 Å². The maximum absolute atomic E-state index is 12.8. The monoisotopic (exact) mass is 589 g/mol. The normalized spacial score (nSPS) is 17.7. The minimum Gasteiger partial charge on any atom is -0.480 e. The van der Waals surface area contributed by atoms with Gasteiger partial charge in [-0.15, -0.1) is 13.2 Å². The molecule has 1 saturated carbocycles. The third-order valence-electron chi connectivity index (χ3n) is 7.56. The van der Waals surface area contributed by atoms with Crippen LogP contribution in [0.5, 0.6) is 11.6 Å². The number of benzene rings is 3. The van der Waals surface area contributed by atoms with Gasteiger partial charge in [0.05, 0.1) is 52.7 Å². The fraction of sp³-hybridized carbons (Fsp3) is 0.281. The Kier molecular flexibility index (Phi) is 7.90. The summed E-state index contributed by atoms with van der Waals surface area (Å²) >= 11 is 0. The van der Waals surface area contributed by atoms with Crippen molar-refractivity contribution < 1.29 is 27.4 Å². The van der Waals surface area contributed by atoms with Gasteiger partial charge in [0.15, 0.2) is 0 Å². The van der Waals surface area contributed by atoms with Gasteiger partial charge in [0.1, 0.15) is 11.4 Å². The van der Waals surface area contributed by atoms with Gasteiger partial charge in [0.25, 0.3) is 0 Å². The van der Waals surface area contributed by atoms with E-state index in [0.29, 0.717) is 22.9 Å². The van der Waals surface area contributed by atoms with Crippen LogP contribution in [0.2, 0.25) is 0 Å². The number of anilines is 2. The fourth-order valence-electron chi connectivity index (χ4n) is 5.52. The van der Waals surface area contributed by atoms with E-state index in [0.717, 1.165) is 53.5 Å². The molecule has 222 valence electrons. The number of fused-ring (bicyclic) bond motifs is 2. The summed E-state index contributed by atoms with van der Waals surface area (Å²) in [5, 5.41) is 4.18. The molecule has 0 amide bonds. The number of nitrogens with zero attached hydrogens (tertiary/aromatic N) is 4. The van der Waals surface area contributed by atoms with Crippen LogP contribution in [0.1, 0.15) is 25.7 Å². The first-order chi connectivity index (χ1) is 20.8. The number of ether oxygens (including phenoxy) is 3. The Bertz CT molecular complexity index is 1760. The molecule has 1 aromatic heterocycles. The number of nitrogens with one attached hydrogen (secondary N) is 1. The molecule has 1 aliphatic heterocycles. The van der Waals surface area contributed by atoms with Crippen molar-refractivity contribution in [2.45, 2.75) is 44.2 Å². The zero-order chi connectivity index (χ0) is 30.0. The number of hydrogen-bond acceptors (Lipinski definition) is 7.